The number of ether oxygens (including phenoxy) is 1. The average Bonchev–Trinajstić information content (AvgIpc) is 3.19. The number of aromatic nitrogens is 2. The summed E-state index contributed by atoms with van der Waals surface area (Å²) in [6.45, 7) is 12.9. The summed E-state index contributed by atoms with van der Waals surface area (Å²) in [5.74, 6) is 1.46. The lowest BCUT2D eigenvalue weighted by molar-refractivity contribution is -0.110. The number of nitrogens with zero attached hydrogens (tertiary/aromatic N) is 3. The number of carbonyl (C=O) groups excluding carboxylic acids is 1. The molecule has 8 heteroatoms. The summed E-state index contributed by atoms with van der Waals surface area (Å²) >= 11 is 1.60. The second kappa shape index (κ2) is 9.98. The predicted molar refractivity (Wildman–Crippen MR) is 128 cm³/mol. The van der Waals surface area contributed by atoms with Crippen LogP contribution in [0.15, 0.2) is 36.4 Å². The molecule has 0 aromatic carbocycles. The van der Waals surface area contributed by atoms with Crippen molar-refractivity contribution in [3.05, 3.63) is 47.1 Å². The number of allylic oxidation sites excluding steroid dienone is 5. The molecule has 0 aliphatic carbocycles. The number of nitrogens with one attached hydrogen (secondary N) is 2. The first-order valence-corrected chi connectivity index (χ1v) is 11.1. The van der Waals surface area contributed by atoms with Crippen LogP contribution in [0, 0.1) is 5.41 Å². The van der Waals surface area contributed by atoms with Gasteiger partial charge in [-0.1, -0.05) is 24.8 Å². The Labute approximate surface area is 187 Å². The number of rotatable bonds is 9. The van der Waals surface area contributed by atoms with Crippen molar-refractivity contribution in [1.29, 1.82) is 5.41 Å². The van der Waals surface area contributed by atoms with Gasteiger partial charge in [0.1, 0.15) is 0 Å². The van der Waals surface area contributed by atoms with E-state index in [0.717, 1.165) is 51.6 Å². The second-order valence-corrected chi connectivity index (χ2v) is 8.85. The Morgan fingerprint density at radius 3 is 2.77 bits per heavy atom. The largest absolute Gasteiger partial charge is 0.378 e. The Bertz CT molecular complexity index is 1030. The number of anilines is 1. The SMILES string of the molecule is C=C(CC=N)/C(=C\C=C/C)c1nc(N2CCOCC2)c2sc(C(C)(C)NC=O)cc2n1. The maximum atomic E-state index is 11.1. The van der Waals surface area contributed by atoms with E-state index in [1.54, 1.807) is 11.3 Å². The highest BCUT2D eigenvalue weighted by Crippen LogP contribution is 2.38. The first kappa shape index (κ1) is 22.8. The van der Waals surface area contributed by atoms with Crippen LogP contribution in [0.5, 0.6) is 0 Å². The van der Waals surface area contributed by atoms with Crippen LogP contribution in [0.3, 0.4) is 0 Å². The minimum Gasteiger partial charge on any atom is -0.378 e. The van der Waals surface area contributed by atoms with Gasteiger partial charge in [-0.05, 0) is 38.6 Å². The summed E-state index contributed by atoms with van der Waals surface area (Å²) in [6, 6.07) is 2.03. The normalized spacial score (nSPS) is 15.5. The number of carbonyl (C=O) groups is 1. The second-order valence-electron chi connectivity index (χ2n) is 7.80. The highest BCUT2D eigenvalue weighted by molar-refractivity contribution is 7.19. The number of thiophene rings is 1. The molecule has 2 N–H and O–H groups in total. The van der Waals surface area contributed by atoms with Crippen molar-refractivity contribution >= 4 is 45.6 Å². The Morgan fingerprint density at radius 1 is 1.39 bits per heavy atom. The third-order valence-electron chi connectivity index (χ3n) is 5.13. The van der Waals surface area contributed by atoms with Crippen LogP contribution in [-0.4, -0.2) is 48.9 Å². The number of fused-ring (bicyclic) bond motifs is 1. The van der Waals surface area contributed by atoms with E-state index in [4.69, 9.17) is 20.1 Å². The van der Waals surface area contributed by atoms with E-state index in [1.807, 2.05) is 45.1 Å². The number of amides is 1. The van der Waals surface area contributed by atoms with Crippen LogP contribution in [0.25, 0.3) is 15.8 Å². The van der Waals surface area contributed by atoms with Gasteiger partial charge in [-0.3, -0.25) is 4.79 Å². The molecule has 31 heavy (non-hydrogen) atoms. The molecule has 0 spiro atoms. The number of hydrogen-bond donors (Lipinski definition) is 2. The molecule has 0 radical (unpaired) electrons. The Morgan fingerprint density at radius 2 is 2.13 bits per heavy atom. The lowest BCUT2D eigenvalue weighted by Crippen LogP contribution is -2.37. The Kier molecular flexibility index (Phi) is 7.35. The highest BCUT2D eigenvalue weighted by atomic mass is 32.1. The zero-order valence-electron chi connectivity index (χ0n) is 18.3. The summed E-state index contributed by atoms with van der Waals surface area (Å²) in [6.07, 6.45) is 8.31. The van der Waals surface area contributed by atoms with Crippen LogP contribution in [0.2, 0.25) is 0 Å². The Balaban J connectivity index is 2.21. The number of hydrogen-bond acceptors (Lipinski definition) is 7. The molecule has 7 nitrogen and oxygen atoms in total. The van der Waals surface area contributed by atoms with E-state index in [1.165, 1.54) is 6.21 Å². The van der Waals surface area contributed by atoms with Gasteiger partial charge in [0.05, 0.1) is 29.0 Å². The fraction of sp³-hybridized carbons (Fsp3) is 0.391. The van der Waals surface area contributed by atoms with Crippen molar-refractivity contribution in [2.45, 2.75) is 32.7 Å². The standard InChI is InChI=1S/C23H29N5O2S/c1-5-6-7-17(16(2)8-9-24)21-26-18-14-19(23(3,4)25-15-29)31-20(18)22(27-21)28-10-12-30-13-11-28/h5-7,9,14-15,24H,2,8,10-13H2,1,3-4H3,(H,25,29)/b6-5-,17-7+,24-9?. The molecule has 0 atom stereocenters. The fourth-order valence-corrected chi connectivity index (χ4v) is 4.51. The van der Waals surface area contributed by atoms with Crippen LogP contribution >= 0.6 is 11.3 Å². The van der Waals surface area contributed by atoms with Crippen molar-refractivity contribution in [3.8, 4) is 0 Å². The lowest BCUT2D eigenvalue weighted by atomic mass is 10.0. The third-order valence-corrected chi connectivity index (χ3v) is 6.57. The van der Waals surface area contributed by atoms with Crippen molar-refractivity contribution in [2.24, 2.45) is 0 Å². The summed E-state index contributed by atoms with van der Waals surface area (Å²) in [4.78, 5) is 24.2. The molecule has 3 rings (SSSR count). The van der Waals surface area contributed by atoms with E-state index in [0.29, 0.717) is 25.5 Å². The minimum atomic E-state index is -0.511. The van der Waals surface area contributed by atoms with E-state index in [9.17, 15) is 4.79 Å². The molecule has 1 aliphatic heterocycles. The summed E-state index contributed by atoms with van der Waals surface area (Å²) < 4.78 is 6.53. The topological polar surface area (TPSA) is 91.2 Å². The molecule has 1 saturated heterocycles. The van der Waals surface area contributed by atoms with Gasteiger partial charge in [0.25, 0.3) is 0 Å². The molecule has 2 aromatic heterocycles. The van der Waals surface area contributed by atoms with Crippen molar-refractivity contribution in [2.75, 3.05) is 31.2 Å². The molecule has 2 aromatic rings. The summed E-state index contributed by atoms with van der Waals surface area (Å²) in [5, 5.41) is 10.4. The van der Waals surface area contributed by atoms with Gasteiger partial charge in [-0.15, -0.1) is 11.3 Å². The fourth-order valence-electron chi connectivity index (χ4n) is 3.33. The van der Waals surface area contributed by atoms with E-state index >= 15 is 0 Å². The summed E-state index contributed by atoms with van der Waals surface area (Å²) in [5.41, 5.74) is 1.93. The Hall–Kier alpha value is -2.84. The van der Waals surface area contributed by atoms with Crippen LogP contribution in [0.1, 0.15) is 37.9 Å². The third kappa shape index (κ3) is 5.08. The van der Waals surface area contributed by atoms with Crippen LogP contribution in [-0.2, 0) is 15.1 Å². The van der Waals surface area contributed by atoms with Gasteiger partial charge < -0.3 is 20.4 Å². The van der Waals surface area contributed by atoms with Gasteiger partial charge in [-0.25, -0.2) is 9.97 Å². The van der Waals surface area contributed by atoms with Gasteiger partial charge in [0, 0.05) is 30.0 Å². The zero-order chi connectivity index (χ0) is 22.4. The summed E-state index contributed by atoms with van der Waals surface area (Å²) in [7, 11) is 0. The molecular weight excluding hydrogens is 410 g/mol. The molecule has 1 amide bonds. The van der Waals surface area contributed by atoms with Crippen molar-refractivity contribution in [3.63, 3.8) is 0 Å². The molecule has 0 bridgehead atoms. The zero-order valence-corrected chi connectivity index (χ0v) is 19.1. The monoisotopic (exact) mass is 439 g/mol. The van der Waals surface area contributed by atoms with Crippen molar-refractivity contribution < 1.29 is 9.53 Å². The van der Waals surface area contributed by atoms with Crippen LogP contribution in [0.4, 0.5) is 5.82 Å². The minimum absolute atomic E-state index is 0.433. The maximum absolute atomic E-state index is 11.1. The molecule has 1 fully saturated rings. The van der Waals surface area contributed by atoms with Gasteiger partial charge in [-0.2, -0.15) is 0 Å². The van der Waals surface area contributed by atoms with E-state index in [2.05, 4.69) is 16.8 Å². The van der Waals surface area contributed by atoms with Gasteiger partial charge >= 0.3 is 0 Å². The lowest BCUT2D eigenvalue weighted by Gasteiger charge is -2.28. The molecule has 164 valence electrons. The van der Waals surface area contributed by atoms with Crippen LogP contribution < -0.4 is 10.2 Å². The molecular formula is C23H29N5O2S. The maximum Gasteiger partial charge on any atom is 0.207 e. The van der Waals surface area contributed by atoms with Crippen molar-refractivity contribution in [1.82, 2.24) is 15.3 Å². The van der Waals surface area contributed by atoms with Gasteiger partial charge in [0.2, 0.25) is 6.41 Å². The molecule has 0 saturated carbocycles. The average molecular weight is 440 g/mol. The molecule has 3 heterocycles. The van der Waals surface area contributed by atoms with Gasteiger partial charge in [0.15, 0.2) is 11.6 Å². The van der Waals surface area contributed by atoms with E-state index in [-0.39, 0.29) is 0 Å². The first-order chi connectivity index (χ1) is 14.9. The molecule has 1 aliphatic rings. The smallest absolute Gasteiger partial charge is 0.207 e. The molecule has 0 unspecified atom stereocenters. The highest BCUT2D eigenvalue weighted by Gasteiger charge is 2.26. The number of morpholine rings is 1. The van der Waals surface area contributed by atoms with E-state index < -0.39 is 5.54 Å². The predicted octanol–water partition coefficient (Wildman–Crippen LogP) is 4.06. The first-order valence-electron chi connectivity index (χ1n) is 10.3. The quantitative estimate of drug-likeness (QED) is 0.349.